The molecule has 1 aliphatic rings. The summed E-state index contributed by atoms with van der Waals surface area (Å²) in [6.07, 6.45) is 12.1. The van der Waals surface area contributed by atoms with E-state index in [9.17, 15) is 9.18 Å². The van der Waals surface area contributed by atoms with E-state index < -0.39 is 23.6 Å². The minimum atomic E-state index is -1.53. The van der Waals surface area contributed by atoms with Crippen molar-refractivity contribution in [2.45, 2.75) is 96.8 Å². The Morgan fingerprint density at radius 3 is 2.42 bits per heavy atom. The Kier molecular flexibility index (Phi) is 10.7. The van der Waals surface area contributed by atoms with Gasteiger partial charge in [0.25, 0.3) is 0 Å². The van der Waals surface area contributed by atoms with Crippen molar-refractivity contribution in [3.05, 3.63) is 59.4 Å². The lowest BCUT2D eigenvalue weighted by Crippen LogP contribution is -2.38. The molecule has 2 aromatic carbocycles. The average molecular weight is 498 g/mol. The lowest BCUT2D eigenvalue weighted by molar-refractivity contribution is -0.0796. The minimum absolute atomic E-state index is 0.0363. The molecule has 0 aromatic heterocycles. The van der Waals surface area contributed by atoms with E-state index in [0.717, 1.165) is 57.4 Å². The van der Waals surface area contributed by atoms with E-state index in [4.69, 9.17) is 14.7 Å². The molecule has 6 heteroatoms. The maximum Gasteiger partial charge on any atom is 0.347 e. The fraction of sp³-hybridized carbons (Fsp3) is 0.533. The van der Waals surface area contributed by atoms with Gasteiger partial charge in [-0.05, 0) is 43.5 Å². The molecule has 1 unspecified atom stereocenters. The highest BCUT2D eigenvalue weighted by Gasteiger charge is 2.42. The first kappa shape index (κ1) is 27.6. The highest BCUT2D eigenvalue weighted by atomic mass is 19.1. The molecule has 1 atom stereocenters. The Labute approximate surface area is 213 Å². The van der Waals surface area contributed by atoms with Gasteiger partial charge >= 0.3 is 5.97 Å². The largest absolute Gasteiger partial charge is 0.459 e. The number of halogens is 2. The second-order valence-corrected chi connectivity index (χ2v) is 9.87. The monoisotopic (exact) mass is 497 g/mol. The molecule has 0 aliphatic heterocycles. The highest BCUT2D eigenvalue weighted by Crippen LogP contribution is 2.46. The van der Waals surface area contributed by atoms with Crippen LogP contribution in [-0.4, -0.2) is 12.3 Å². The number of benzene rings is 2. The van der Waals surface area contributed by atoms with Crippen molar-refractivity contribution in [3.63, 3.8) is 0 Å². The zero-order chi connectivity index (χ0) is 25.8. The molecule has 1 aliphatic carbocycles. The van der Waals surface area contributed by atoms with E-state index in [-0.39, 0.29) is 22.6 Å². The quantitative estimate of drug-likeness (QED) is 0.158. The molecule has 0 spiro atoms. The summed E-state index contributed by atoms with van der Waals surface area (Å²) in [7, 11) is 0. The zero-order valence-electron chi connectivity index (χ0n) is 21.2. The number of nitriles is 1. The van der Waals surface area contributed by atoms with E-state index in [0.29, 0.717) is 0 Å². The highest BCUT2D eigenvalue weighted by molar-refractivity contribution is 5.94. The number of carbonyl (C=O) groups is 1. The summed E-state index contributed by atoms with van der Waals surface area (Å²) in [5.74, 6) is -1.47. The summed E-state index contributed by atoms with van der Waals surface area (Å²) in [6.45, 7) is 2.21. The molecule has 3 rings (SSSR count). The van der Waals surface area contributed by atoms with Crippen molar-refractivity contribution >= 4 is 5.97 Å². The molecule has 4 nitrogen and oxygen atoms in total. The Hall–Kier alpha value is -2.94. The number of hydrogen-bond acceptors (Lipinski definition) is 4. The third-order valence-corrected chi connectivity index (χ3v) is 7.22. The SMILES string of the molecule is CCCCCCCCCC1(C(F)Oc2ccccc2C(=O)Oc2ccc(C#N)c(F)c2)CCCCC1. The first-order valence-corrected chi connectivity index (χ1v) is 13.3. The van der Waals surface area contributed by atoms with Gasteiger partial charge in [-0.25, -0.2) is 13.6 Å². The van der Waals surface area contributed by atoms with Crippen molar-refractivity contribution < 1.29 is 23.0 Å². The fourth-order valence-electron chi connectivity index (χ4n) is 5.07. The van der Waals surface area contributed by atoms with E-state index in [1.807, 2.05) is 0 Å². The smallest absolute Gasteiger partial charge is 0.347 e. The zero-order valence-corrected chi connectivity index (χ0v) is 21.2. The van der Waals surface area contributed by atoms with Gasteiger partial charge in [-0.3, -0.25) is 0 Å². The number of hydrogen-bond donors (Lipinski definition) is 0. The van der Waals surface area contributed by atoms with Gasteiger partial charge in [-0.2, -0.15) is 5.26 Å². The molecule has 1 fully saturated rings. The Morgan fingerprint density at radius 2 is 1.72 bits per heavy atom. The van der Waals surface area contributed by atoms with Gasteiger partial charge in [0, 0.05) is 11.5 Å². The first-order chi connectivity index (χ1) is 17.5. The lowest BCUT2D eigenvalue weighted by Gasteiger charge is -2.39. The van der Waals surface area contributed by atoms with E-state index in [1.54, 1.807) is 24.3 Å². The number of ether oxygens (including phenoxy) is 2. The van der Waals surface area contributed by atoms with Crippen molar-refractivity contribution in [2.75, 3.05) is 0 Å². The van der Waals surface area contributed by atoms with Crippen LogP contribution in [0.15, 0.2) is 42.5 Å². The van der Waals surface area contributed by atoms with Gasteiger partial charge < -0.3 is 9.47 Å². The van der Waals surface area contributed by atoms with Crippen LogP contribution in [0, 0.1) is 22.6 Å². The number of carbonyl (C=O) groups excluding carboxylic acids is 1. The summed E-state index contributed by atoms with van der Waals surface area (Å²) in [6, 6.07) is 11.7. The predicted octanol–water partition coefficient (Wildman–Crippen LogP) is 8.68. The lowest BCUT2D eigenvalue weighted by atomic mass is 9.70. The Morgan fingerprint density at radius 1 is 1.03 bits per heavy atom. The summed E-state index contributed by atoms with van der Waals surface area (Å²) in [5, 5.41) is 8.88. The molecule has 0 saturated heterocycles. The van der Waals surface area contributed by atoms with Gasteiger partial charge in [0.2, 0.25) is 6.36 Å². The van der Waals surface area contributed by atoms with Crippen molar-refractivity contribution in [3.8, 4) is 17.6 Å². The second-order valence-electron chi connectivity index (χ2n) is 9.87. The third-order valence-electron chi connectivity index (χ3n) is 7.22. The van der Waals surface area contributed by atoms with Crippen LogP contribution in [0.4, 0.5) is 8.78 Å². The standard InChI is InChI=1S/C30H37F2NO3/c1-2-3-4-5-6-7-11-18-30(19-12-8-13-20-30)29(32)36-27-15-10-9-14-25(27)28(34)35-24-17-16-23(22-33)26(31)21-24/h9-10,14-17,21,29H,2-8,11-13,18-20H2,1H3. The predicted molar refractivity (Wildman–Crippen MR) is 136 cm³/mol. The maximum absolute atomic E-state index is 15.9. The molecular weight excluding hydrogens is 460 g/mol. The van der Waals surface area contributed by atoms with Crippen LogP contribution in [-0.2, 0) is 0 Å². The normalized spacial score (nSPS) is 15.6. The van der Waals surface area contributed by atoms with Gasteiger partial charge in [0.1, 0.15) is 28.9 Å². The number of nitrogens with zero attached hydrogens (tertiary/aromatic N) is 1. The number of para-hydroxylation sites is 1. The molecule has 1 saturated carbocycles. The molecule has 0 bridgehead atoms. The average Bonchev–Trinajstić information content (AvgIpc) is 2.89. The van der Waals surface area contributed by atoms with Gasteiger partial charge in [0.05, 0.1) is 5.56 Å². The number of esters is 1. The van der Waals surface area contributed by atoms with Crippen LogP contribution in [0.1, 0.15) is 106 Å². The van der Waals surface area contributed by atoms with Crippen LogP contribution >= 0.6 is 0 Å². The van der Waals surface area contributed by atoms with E-state index in [1.165, 1.54) is 50.3 Å². The fourth-order valence-corrected chi connectivity index (χ4v) is 5.07. The molecule has 0 amide bonds. The van der Waals surface area contributed by atoms with Crippen LogP contribution in [0.2, 0.25) is 0 Å². The molecule has 2 aromatic rings. The molecule has 0 N–H and O–H groups in total. The van der Waals surface area contributed by atoms with E-state index in [2.05, 4.69) is 6.92 Å². The van der Waals surface area contributed by atoms with E-state index >= 15 is 4.39 Å². The summed E-state index contributed by atoms with van der Waals surface area (Å²) < 4.78 is 40.9. The van der Waals surface area contributed by atoms with Gasteiger partial charge in [-0.1, -0.05) is 83.3 Å². The number of alkyl halides is 1. The van der Waals surface area contributed by atoms with Crippen LogP contribution in [0.25, 0.3) is 0 Å². The summed E-state index contributed by atoms with van der Waals surface area (Å²) >= 11 is 0. The topological polar surface area (TPSA) is 59.3 Å². The maximum atomic E-state index is 15.9. The van der Waals surface area contributed by atoms with Crippen LogP contribution < -0.4 is 9.47 Å². The number of unbranched alkanes of at least 4 members (excludes halogenated alkanes) is 6. The molecule has 0 radical (unpaired) electrons. The summed E-state index contributed by atoms with van der Waals surface area (Å²) in [4.78, 5) is 12.8. The Balaban J connectivity index is 1.66. The van der Waals surface area contributed by atoms with Crippen molar-refractivity contribution in [1.82, 2.24) is 0 Å². The number of rotatable bonds is 13. The molecule has 36 heavy (non-hydrogen) atoms. The van der Waals surface area contributed by atoms with Gasteiger partial charge in [0.15, 0.2) is 0 Å². The van der Waals surface area contributed by atoms with Crippen LogP contribution in [0.5, 0.6) is 11.5 Å². The molecule has 0 heterocycles. The third kappa shape index (κ3) is 7.53. The van der Waals surface area contributed by atoms with Crippen molar-refractivity contribution in [2.24, 2.45) is 5.41 Å². The van der Waals surface area contributed by atoms with Crippen LogP contribution in [0.3, 0.4) is 0 Å². The Bertz CT molecular complexity index is 1030. The first-order valence-electron chi connectivity index (χ1n) is 13.3. The molecule has 194 valence electrons. The molecular formula is C30H37F2NO3. The minimum Gasteiger partial charge on any atom is -0.459 e. The summed E-state index contributed by atoms with van der Waals surface area (Å²) in [5.41, 5.74) is -0.612. The van der Waals surface area contributed by atoms with Gasteiger partial charge in [-0.15, -0.1) is 0 Å². The second kappa shape index (κ2) is 14.0. The van der Waals surface area contributed by atoms with Crippen molar-refractivity contribution in [1.29, 1.82) is 5.26 Å².